The number of rotatable bonds is 34. The quantitative estimate of drug-likeness (QED) is 0.0364. The van der Waals surface area contributed by atoms with Gasteiger partial charge in [-0.3, -0.25) is 9.11 Å². The highest BCUT2D eigenvalue weighted by Gasteiger charge is 2.48. The van der Waals surface area contributed by atoms with Gasteiger partial charge in [-0.25, -0.2) is 8.37 Å². The van der Waals surface area contributed by atoms with Crippen LogP contribution in [0.2, 0.25) is 0 Å². The fourth-order valence-corrected chi connectivity index (χ4v) is 7.49. The summed E-state index contributed by atoms with van der Waals surface area (Å²) >= 11 is 0. The lowest BCUT2D eigenvalue weighted by atomic mass is 9.94. The van der Waals surface area contributed by atoms with Crippen LogP contribution in [0.5, 0.6) is 0 Å². The minimum absolute atomic E-state index is 0.136. The van der Waals surface area contributed by atoms with Crippen molar-refractivity contribution in [3.63, 3.8) is 0 Å². The lowest BCUT2D eigenvalue weighted by molar-refractivity contribution is -0.298. The zero-order chi connectivity index (χ0) is 37.1. The van der Waals surface area contributed by atoms with Gasteiger partial charge in [-0.15, -0.1) is 0 Å². The van der Waals surface area contributed by atoms with Crippen LogP contribution in [0.25, 0.3) is 0 Å². The van der Waals surface area contributed by atoms with E-state index in [1.165, 1.54) is 128 Å². The maximum atomic E-state index is 11.4. The van der Waals surface area contributed by atoms with Gasteiger partial charge in [0.25, 0.3) is 0 Å². The Morgan fingerprint density at radius 3 is 1.30 bits per heavy atom. The second-order valence-electron chi connectivity index (χ2n) is 14.3. The molecule has 0 aromatic carbocycles. The highest BCUT2D eigenvalue weighted by Crippen LogP contribution is 2.28. The summed E-state index contributed by atoms with van der Waals surface area (Å²) in [4.78, 5) is 0. The van der Waals surface area contributed by atoms with Crippen LogP contribution in [0.15, 0.2) is 0 Å². The number of aliphatic hydroxyl groups is 2. The van der Waals surface area contributed by atoms with E-state index >= 15 is 0 Å². The van der Waals surface area contributed by atoms with E-state index in [-0.39, 0.29) is 12.5 Å². The molecule has 14 heteroatoms. The number of unbranched alkanes of at least 4 members (excludes halogenated alkanes) is 22. The van der Waals surface area contributed by atoms with E-state index in [0.717, 1.165) is 38.5 Å². The van der Waals surface area contributed by atoms with Crippen LogP contribution in [0, 0.1) is 5.92 Å². The van der Waals surface area contributed by atoms with E-state index in [0.29, 0.717) is 0 Å². The molecule has 4 N–H and O–H groups in total. The molecule has 50 heavy (non-hydrogen) atoms. The van der Waals surface area contributed by atoms with Crippen molar-refractivity contribution in [2.75, 3.05) is 13.2 Å². The summed E-state index contributed by atoms with van der Waals surface area (Å²) in [6, 6.07) is 0. The van der Waals surface area contributed by atoms with Gasteiger partial charge in [0.15, 0.2) is 6.29 Å². The molecule has 0 unspecified atom stereocenters. The van der Waals surface area contributed by atoms with Crippen LogP contribution in [-0.4, -0.2) is 80.1 Å². The van der Waals surface area contributed by atoms with Crippen molar-refractivity contribution in [2.45, 2.75) is 211 Å². The smallest absolute Gasteiger partial charge is 0.387 e. The molecule has 0 aliphatic carbocycles. The Balaban J connectivity index is 2.62. The molecule has 1 heterocycles. The van der Waals surface area contributed by atoms with Gasteiger partial charge < -0.3 is 19.7 Å². The maximum absolute atomic E-state index is 11.4. The number of aliphatic hydroxyl groups excluding tert-OH is 2. The largest absolute Gasteiger partial charge is 0.397 e. The van der Waals surface area contributed by atoms with E-state index in [1.807, 2.05) is 0 Å². The summed E-state index contributed by atoms with van der Waals surface area (Å²) in [5.41, 5.74) is 0. The van der Waals surface area contributed by atoms with Gasteiger partial charge in [0.2, 0.25) is 0 Å². The van der Waals surface area contributed by atoms with Crippen LogP contribution in [-0.2, 0) is 38.6 Å². The summed E-state index contributed by atoms with van der Waals surface area (Å²) in [6.45, 7) is 3.75. The Morgan fingerprint density at radius 2 is 0.940 bits per heavy atom. The van der Waals surface area contributed by atoms with Crippen molar-refractivity contribution in [1.82, 2.24) is 0 Å². The molecule has 1 saturated heterocycles. The Bertz CT molecular complexity index is 983. The summed E-state index contributed by atoms with van der Waals surface area (Å²) in [6.07, 6.45) is 23.1. The molecule has 0 aromatic rings. The van der Waals surface area contributed by atoms with Gasteiger partial charge >= 0.3 is 20.8 Å². The normalized spacial score (nSPS) is 21.7. The van der Waals surface area contributed by atoms with Crippen molar-refractivity contribution in [3.8, 4) is 0 Å². The monoisotopic (exact) mass is 760 g/mol. The zero-order valence-electron chi connectivity index (χ0n) is 31.1. The van der Waals surface area contributed by atoms with Crippen LogP contribution in [0.1, 0.15) is 181 Å². The predicted molar refractivity (Wildman–Crippen MR) is 195 cm³/mol. The molecular weight excluding hydrogens is 689 g/mol. The van der Waals surface area contributed by atoms with E-state index in [2.05, 4.69) is 22.2 Å². The first-order valence-corrected chi connectivity index (χ1v) is 22.5. The lowest BCUT2D eigenvalue weighted by Gasteiger charge is -2.41. The first kappa shape index (κ1) is 47.6. The fraction of sp³-hybridized carbons (Fsp3) is 1.00. The van der Waals surface area contributed by atoms with E-state index < -0.39 is 58.1 Å². The predicted octanol–water partition coefficient (Wildman–Crippen LogP) is 8.26. The molecule has 300 valence electrons. The first-order valence-electron chi connectivity index (χ1n) is 19.8. The summed E-state index contributed by atoms with van der Waals surface area (Å²) in [5.74, 6) is 0.136. The van der Waals surface area contributed by atoms with Crippen LogP contribution < -0.4 is 0 Å². The van der Waals surface area contributed by atoms with Crippen molar-refractivity contribution < 1.29 is 54.0 Å². The molecule has 1 aliphatic heterocycles. The average molecular weight is 761 g/mol. The standard InChI is InChI=1S/C36H72O12S2/c1-3-5-7-9-11-13-15-17-19-21-23-25-27-31(28-26-24-22-20-18-16-14-12-10-8-6-4-2)29-45-36-34(38)35(48-50(42,43)44)33(37)32(47-36)30-46-49(39,40)41/h31-38H,3-30H2,1-2H3,(H,39,40,41)(H,42,43,44)/t32-,33+,34-,35+,36-/m1/s1. The molecule has 1 rings (SSSR count). The van der Waals surface area contributed by atoms with Crippen molar-refractivity contribution in [2.24, 2.45) is 5.92 Å². The highest BCUT2D eigenvalue weighted by atomic mass is 32.3. The molecule has 0 amide bonds. The Kier molecular flexibility index (Phi) is 27.6. The minimum Gasteiger partial charge on any atom is -0.387 e. The van der Waals surface area contributed by atoms with E-state index in [9.17, 15) is 31.6 Å². The van der Waals surface area contributed by atoms with Gasteiger partial charge in [-0.1, -0.05) is 168 Å². The third-order valence-electron chi connectivity index (χ3n) is 9.68. The average Bonchev–Trinajstić information content (AvgIpc) is 3.05. The number of ether oxygens (including phenoxy) is 2. The summed E-state index contributed by atoms with van der Waals surface area (Å²) < 4.78 is 83.6. The Morgan fingerprint density at radius 1 is 0.560 bits per heavy atom. The first-order chi connectivity index (χ1) is 23.9. The Hall–Kier alpha value is -0.420. The number of hydrogen-bond acceptors (Lipinski definition) is 10. The van der Waals surface area contributed by atoms with Gasteiger partial charge in [0.05, 0.1) is 13.2 Å². The third kappa shape index (κ3) is 25.5. The topological polar surface area (TPSA) is 186 Å². The lowest BCUT2D eigenvalue weighted by Crippen LogP contribution is -2.60. The third-order valence-corrected chi connectivity index (χ3v) is 10.6. The molecule has 0 spiro atoms. The van der Waals surface area contributed by atoms with Crippen LogP contribution >= 0.6 is 0 Å². The highest BCUT2D eigenvalue weighted by molar-refractivity contribution is 7.81. The zero-order valence-corrected chi connectivity index (χ0v) is 32.8. The maximum Gasteiger partial charge on any atom is 0.397 e. The van der Waals surface area contributed by atoms with Crippen molar-refractivity contribution in [1.29, 1.82) is 0 Å². The van der Waals surface area contributed by atoms with Gasteiger partial charge in [0.1, 0.15) is 24.4 Å². The van der Waals surface area contributed by atoms with Crippen LogP contribution in [0.3, 0.4) is 0 Å². The number of hydrogen-bond donors (Lipinski definition) is 4. The van der Waals surface area contributed by atoms with E-state index in [1.54, 1.807) is 0 Å². The van der Waals surface area contributed by atoms with Crippen LogP contribution in [0.4, 0.5) is 0 Å². The molecule has 12 nitrogen and oxygen atoms in total. The molecule has 0 bridgehead atoms. The molecule has 0 aromatic heterocycles. The molecular formula is C36H72O12S2. The molecule has 0 saturated carbocycles. The molecule has 1 aliphatic rings. The van der Waals surface area contributed by atoms with Gasteiger partial charge in [0, 0.05) is 0 Å². The van der Waals surface area contributed by atoms with Crippen molar-refractivity contribution >= 4 is 20.8 Å². The van der Waals surface area contributed by atoms with Gasteiger partial charge in [-0.05, 0) is 18.8 Å². The minimum atomic E-state index is -5.11. The molecule has 5 atom stereocenters. The Labute approximate surface area is 304 Å². The van der Waals surface area contributed by atoms with Crippen molar-refractivity contribution in [3.05, 3.63) is 0 Å². The van der Waals surface area contributed by atoms with E-state index in [4.69, 9.17) is 14.0 Å². The second kappa shape index (κ2) is 29.0. The SMILES string of the molecule is CCCCCCCCCCCCCCC(CCCCCCCCCCCCCC)CO[C@@H]1O[C@H](COS(=O)(=O)O)[C@H](O)[C@H](OS(=O)(=O)O)[C@H]1O. The van der Waals surface area contributed by atoms with Gasteiger partial charge in [-0.2, -0.15) is 16.8 Å². The second-order valence-corrected chi connectivity index (χ2v) is 16.4. The summed E-state index contributed by atoms with van der Waals surface area (Å²) in [5, 5.41) is 21.3. The molecule has 0 radical (unpaired) electrons. The molecule has 1 fully saturated rings. The summed E-state index contributed by atoms with van der Waals surface area (Å²) in [7, 11) is -10.0. The fourth-order valence-electron chi connectivity index (χ4n) is 6.67.